The van der Waals surface area contributed by atoms with Gasteiger partial charge in [0.2, 0.25) is 10.1 Å². The number of nitrogens with zero attached hydrogens (tertiary/aromatic N) is 4. The molecule has 3 aromatic rings. The summed E-state index contributed by atoms with van der Waals surface area (Å²) in [5, 5.41) is 15.2. The highest BCUT2D eigenvalue weighted by atomic mass is 79.9. The van der Waals surface area contributed by atoms with Crippen molar-refractivity contribution in [1.29, 1.82) is 0 Å². The molecule has 1 N–H and O–H groups in total. The van der Waals surface area contributed by atoms with Crippen LogP contribution in [0, 0.1) is 0 Å². The van der Waals surface area contributed by atoms with Gasteiger partial charge in [-0.1, -0.05) is 48.0 Å². The summed E-state index contributed by atoms with van der Waals surface area (Å²) in [6.07, 6.45) is 0. The van der Waals surface area contributed by atoms with Gasteiger partial charge in [-0.15, -0.1) is 15.3 Å². The largest absolute Gasteiger partial charge is 0.297 e. The summed E-state index contributed by atoms with van der Waals surface area (Å²) in [5.41, 5.74) is 0.0608. The van der Waals surface area contributed by atoms with E-state index in [1.807, 2.05) is 20.8 Å². The van der Waals surface area contributed by atoms with Crippen molar-refractivity contribution in [1.82, 2.24) is 19.8 Å². The molecular formula is C15H14BrN5O2S. The second kappa shape index (κ2) is 6.06. The van der Waals surface area contributed by atoms with Gasteiger partial charge >= 0.3 is 0 Å². The summed E-state index contributed by atoms with van der Waals surface area (Å²) in [4.78, 5) is 25.0. The monoisotopic (exact) mass is 407 g/mol. The SMILES string of the molecule is CC(C)(C)c1nnc2sc(NC(=O)c3ccc(Br)cc3)nn2c1=O. The lowest BCUT2D eigenvalue weighted by molar-refractivity contribution is 0.102. The summed E-state index contributed by atoms with van der Waals surface area (Å²) in [6.45, 7) is 5.65. The van der Waals surface area contributed by atoms with Crippen molar-refractivity contribution in [2.24, 2.45) is 0 Å². The molecule has 0 fully saturated rings. The number of fused-ring (bicyclic) bond motifs is 1. The van der Waals surface area contributed by atoms with Crippen molar-refractivity contribution < 1.29 is 4.79 Å². The Balaban J connectivity index is 1.94. The molecule has 0 atom stereocenters. The first-order chi connectivity index (χ1) is 11.3. The Morgan fingerprint density at radius 1 is 1.21 bits per heavy atom. The fourth-order valence-electron chi connectivity index (χ4n) is 2.01. The molecule has 7 nitrogen and oxygen atoms in total. The minimum Gasteiger partial charge on any atom is -0.296 e. The molecule has 124 valence electrons. The van der Waals surface area contributed by atoms with Crippen LogP contribution < -0.4 is 10.9 Å². The van der Waals surface area contributed by atoms with Crippen LogP contribution in [0.1, 0.15) is 36.8 Å². The van der Waals surface area contributed by atoms with Crippen molar-refractivity contribution in [3.05, 3.63) is 50.3 Å². The number of hydrogen-bond acceptors (Lipinski definition) is 6. The Kier molecular flexibility index (Phi) is 4.22. The van der Waals surface area contributed by atoms with E-state index in [2.05, 4.69) is 36.5 Å². The molecule has 0 saturated heterocycles. The molecule has 2 heterocycles. The van der Waals surface area contributed by atoms with Crippen LogP contribution in [0.2, 0.25) is 0 Å². The van der Waals surface area contributed by atoms with Crippen molar-refractivity contribution in [3.8, 4) is 0 Å². The number of anilines is 1. The van der Waals surface area contributed by atoms with E-state index >= 15 is 0 Å². The average molecular weight is 408 g/mol. The van der Waals surface area contributed by atoms with Crippen LogP contribution in [-0.2, 0) is 5.41 Å². The van der Waals surface area contributed by atoms with Crippen LogP contribution in [0.5, 0.6) is 0 Å². The molecule has 0 spiro atoms. The van der Waals surface area contributed by atoms with Gasteiger partial charge in [-0.05, 0) is 24.3 Å². The van der Waals surface area contributed by atoms with Crippen LogP contribution >= 0.6 is 27.3 Å². The predicted octanol–water partition coefficient (Wildman–Crippen LogP) is 2.86. The maximum Gasteiger partial charge on any atom is 0.297 e. The van der Waals surface area contributed by atoms with Gasteiger partial charge in [-0.25, -0.2) is 0 Å². The fraction of sp³-hybridized carbons (Fsp3) is 0.267. The Morgan fingerprint density at radius 3 is 2.50 bits per heavy atom. The van der Waals surface area contributed by atoms with Gasteiger partial charge in [-0.3, -0.25) is 14.9 Å². The summed E-state index contributed by atoms with van der Waals surface area (Å²) >= 11 is 4.41. The van der Waals surface area contributed by atoms with Crippen LogP contribution in [-0.4, -0.2) is 25.7 Å². The highest BCUT2D eigenvalue weighted by Gasteiger charge is 2.23. The third-order valence-electron chi connectivity index (χ3n) is 3.23. The molecule has 1 aromatic carbocycles. The lowest BCUT2D eigenvalue weighted by Crippen LogP contribution is -2.30. The van der Waals surface area contributed by atoms with Crippen LogP contribution in [0.25, 0.3) is 4.96 Å². The number of nitrogens with one attached hydrogen (secondary N) is 1. The summed E-state index contributed by atoms with van der Waals surface area (Å²) in [7, 11) is 0. The summed E-state index contributed by atoms with van der Waals surface area (Å²) in [5.74, 6) is -0.307. The number of amides is 1. The maximum absolute atomic E-state index is 12.5. The first-order valence-corrected chi connectivity index (χ1v) is 8.70. The predicted molar refractivity (Wildman–Crippen MR) is 95.7 cm³/mol. The number of carbonyl (C=O) groups excluding carboxylic acids is 1. The van der Waals surface area contributed by atoms with E-state index in [1.54, 1.807) is 24.3 Å². The van der Waals surface area contributed by atoms with Gasteiger partial charge < -0.3 is 0 Å². The van der Waals surface area contributed by atoms with E-state index in [1.165, 1.54) is 4.52 Å². The van der Waals surface area contributed by atoms with Crippen molar-refractivity contribution in [2.45, 2.75) is 26.2 Å². The second-order valence-corrected chi connectivity index (χ2v) is 8.04. The van der Waals surface area contributed by atoms with E-state index in [0.29, 0.717) is 21.3 Å². The van der Waals surface area contributed by atoms with E-state index in [0.717, 1.165) is 15.8 Å². The molecule has 9 heteroatoms. The molecule has 0 aliphatic heterocycles. The van der Waals surface area contributed by atoms with Crippen molar-refractivity contribution in [3.63, 3.8) is 0 Å². The third-order valence-corrected chi connectivity index (χ3v) is 4.57. The molecule has 0 bridgehead atoms. The standard InChI is InChI=1S/C15H14BrN5O2S/c1-15(2,3)10-12(23)21-14(19-18-10)24-13(20-21)17-11(22)8-4-6-9(16)7-5-8/h4-7H,1-3H3,(H,17,20,22). The second-order valence-electron chi connectivity index (χ2n) is 6.17. The smallest absolute Gasteiger partial charge is 0.296 e. The first kappa shape index (κ1) is 16.7. The Bertz CT molecular complexity index is 972. The van der Waals surface area contributed by atoms with Gasteiger partial charge in [0.05, 0.1) is 0 Å². The average Bonchev–Trinajstić information content (AvgIpc) is 2.90. The van der Waals surface area contributed by atoms with Crippen molar-refractivity contribution >= 4 is 43.3 Å². The highest BCUT2D eigenvalue weighted by Crippen LogP contribution is 2.20. The number of hydrogen-bond donors (Lipinski definition) is 1. The van der Waals surface area contributed by atoms with Gasteiger partial charge in [0, 0.05) is 15.5 Å². The Morgan fingerprint density at radius 2 is 1.88 bits per heavy atom. The quantitative estimate of drug-likeness (QED) is 0.705. The molecule has 0 saturated carbocycles. The number of benzene rings is 1. The van der Waals surface area contributed by atoms with E-state index in [-0.39, 0.29) is 11.5 Å². The molecule has 0 radical (unpaired) electrons. The maximum atomic E-state index is 12.5. The molecule has 0 aliphatic carbocycles. The zero-order chi connectivity index (χ0) is 17.5. The van der Waals surface area contributed by atoms with Crippen LogP contribution in [0.4, 0.5) is 5.13 Å². The number of carbonyl (C=O) groups is 1. The number of rotatable bonds is 2. The lowest BCUT2D eigenvalue weighted by atomic mass is 9.93. The number of aromatic nitrogens is 4. The Hall–Kier alpha value is -2.13. The van der Waals surface area contributed by atoms with Gasteiger partial charge in [0.15, 0.2) is 0 Å². The van der Waals surface area contributed by atoms with E-state index in [9.17, 15) is 9.59 Å². The molecule has 3 rings (SSSR count). The van der Waals surface area contributed by atoms with Crippen molar-refractivity contribution in [2.75, 3.05) is 5.32 Å². The van der Waals surface area contributed by atoms with E-state index < -0.39 is 5.41 Å². The molecule has 0 unspecified atom stereocenters. The topological polar surface area (TPSA) is 89.2 Å². The normalized spacial score (nSPS) is 11.7. The minimum atomic E-state index is -0.435. The third kappa shape index (κ3) is 3.22. The summed E-state index contributed by atoms with van der Waals surface area (Å²) in [6, 6.07) is 6.94. The Labute approximate surface area is 149 Å². The van der Waals surface area contributed by atoms with Crippen LogP contribution in [0.15, 0.2) is 33.5 Å². The zero-order valence-electron chi connectivity index (χ0n) is 13.2. The molecule has 1 amide bonds. The lowest BCUT2D eigenvalue weighted by Gasteiger charge is -2.14. The molecule has 2 aromatic heterocycles. The van der Waals surface area contributed by atoms with Crippen LogP contribution in [0.3, 0.4) is 0 Å². The minimum absolute atomic E-state index is 0.292. The number of halogens is 1. The highest BCUT2D eigenvalue weighted by molar-refractivity contribution is 9.10. The molecule has 24 heavy (non-hydrogen) atoms. The summed E-state index contributed by atoms with van der Waals surface area (Å²) < 4.78 is 2.06. The van der Waals surface area contributed by atoms with Gasteiger partial charge in [-0.2, -0.15) is 4.52 Å². The molecule has 0 aliphatic rings. The van der Waals surface area contributed by atoms with Gasteiger partial charge in [0.25, 0.3) is 11.5 Å². The fourth-order valence-corrected chi connectivity index (χ4v) is 3.00. The zero-order valence-corrected chi connectivity index (χ0v) is 15.6. The molecular weight excluding hydrogens is 394 g/mol. The van der Waals surface area contributed by atoms with E-state index in [4.69, 9.17) is 0 Å². The van der Waals surface area contributed by atoms with Gasteiger partial charge in [0.1, 0.15) is 5.69 Å². The first-order valence-electron chi connectivity index (χ1n) is 7.09.